The van der Waals surface area contributed by atoms with Crippen LogP contribution in [0.15, 0.2) is 30.3 Å². The SMILES string of the molecule is Cc1cc(Nc2c(C)cccc2Cl)cc(C(=O)O)c1N. The highest BCUT2D eigenvalue weighted by Crippen LogP contribution is 2.31. The number of anilines is 3. The summed E-state index contributed by atoms with van der Waals surface area (Å²) in [5.74, 6) is -1.05. The number of carbonyl (C=O) groups is 1. The Hall–Kier alpha value is -2.20. The minimum atomic E-state index is -1.05. The maximum absolute atomic E-state index is 11.2. The van der Waals surface area contributed by atoms with Gasteiger partial charge in [0, 0.05) is 11.4 Å². The lowest BCUT2D eigenvalue weighted by Crippen LogP contribution is -2.06. The predicted molar refractivity (Wildman–Crippen MR) is 82.0 cm³/mol. The fourth-order valence-corrected chi connectivity index (χ4v) is 2.25. The third-order valence-electron chi connectivity index (χ3n) is 3.11. The normalized spacial score (nSPS) is 10.3. The summed E-state index contributed by atoms with van der Waals surface area (Å²) in [7, 11) is 0. The van der Waals surface area contributed by atoms with E-state index in [-0.39, 0.29) is 11.3 Å². The number of aryl methyl sites for hydroxylation is 2. The monoisotopic (exact) mass is 290 g/mol. The summed E-state index contributed by atoms with van der Waals surface area (Å²) >= 11 is 6.15. The van der Waals surface area contributed by atoms with Crippen molar-refractivity contribution in [2.45, 2.75) is 13.8 Å². The fourth-order valence-electron chi connectivity index (χ4n) is 1.98. The molecule has 0 saturated heterocycles. The molecular weight excluding hydrogens is 276 g/mol. The van der Waals surface area contributed by atoms with Crippen LogP contribution in [0.5, 0.6) is 0 Å². The fraction of sp³-hybridized carbons (Fsp3) is 0.133. The molecule has 0 bridgehead atoms. The molecule has 2 aromatic carbocycles. The number of halogens is 1. The minimum absolute atomic E-state index is 0.0807. The molecule has 20 heavy (non-hydrogen) atoms. The molecule has 0 aliphatic rings. The predicted octanol–water partition coefficient (Wildman–Crippen LogP) is 3.98. The van der Waals surface area contributed by atoms with Gasteiger partial charge in [0.25, 0.3) is 0 Å². The zero-order valence-electron chi connectivity index (χ0n) is 11.2. The Kier molecular flexibility index (Phi) is 3.86. The zero-order valence-corrected chi connectivity index (χ0v) is 12.0. The minimum Gasteiger partial charge on any atom is -0.478 e. The van der Waals surface area contributed by atoms with E-state index in [0.717, 1.165) is 11.3 Å². The number of hydrogen-bond acceptors (Lipinski definition) is 3. The van der Waals surface area contributed by atoms with Crippen LogP contribution >= 0.6 is 11.6 Å². The molecule has 0 aliphatic heterocycles. The first kappa shape index (κ1) is 14.2. The number of aromatic carboxylic acids is 1. The first-order chi connectivity index (χ1) is 9.40. The summed E-state index contributed by atoms with van der Waals surface area (Å²) in [6.45, 7) is 3.70. The van der Waals surface area contributed by atoms with E-state index in [2.05, 4.69) is 5.32 Å². The summed E-state index contributed by atoms with van der Waals surface area (Å²) < 4.78 is 0. The Balaban J connectivity index is 2.47. The van der Waals surface area contributed by atoms with E-state index < -0.39 is 5.97 Å². The van der Waals surface area contributed by atoms with Crippen molar-refractivity contribution in [3.8, 4) is 0 Å². The molecule has 4 N–H and O–H groups in total. The van der Waals surface area contributed by atoms with E-state index in [1.807, 2.05) is 19.1 Å². The van der Waals surface area contributed by atoms with Crippen LogP contribution in [0.1, 0.15) is 21.5 Å². The lowest BCUT2D eigenvalue weighted by atomic mass is 10.1. The van der Waals surface area contributed by atoms with E-state index in [4.69, 9.17) is 22.4 Å². The van der Waals surface area contributed by atoms with Gasteiger partial charge >= 0.3 is 5.97 Å². The van der Waals surface area contributed by atoms with Gasteiger partial charge in [-0.3, -0.25) is 0 Å². The van der Waals surface area contributed by atoms with Gasteiger partial charge in [0.05, 0.1) is 16.3 Å². The molecule has 0 spiro atoms. The quantitative estimate of drug-likeness (QED) is 0.747. The molecule has 5 heteroatoms. The van der Waals surface area contributed by atoms with Gasteiger partial charge in [-0.1, -0.05) is 23.7 Å². The third kappa shape index (κ3) is 2.70. The van der Waals surface area contributed by atoms with Gasteiger partial charge in [0.2, 0.25) is 0 Å². The lowest BCUT2D eigenvalue weighted by molar-refractivity contribution is 0.0698. The first-order valence-electron chi connectivity index (χ1n) is 6.05. The van der Waals surface area contributed by atoms with Crippen molar-refractivity contribution in [1.29, 1.82) is 0 Å². The molecule has 0 heterocycles. The van der Waals surface area contributed by atoms with Crippen LogP contribution in [0.2, 0.25) is 5.02 Å². The topological polar surface area (TPSA) is 75.3 Å². The van der Waals surface area contributed by atoms with Gasteiger partial charge in [0.1, 0.15) is 0 Å². The van der Waals surface area contributed by atoms with Crippen molar-refractivity contribution in [2.75, 3.05) is 11.1 Å². The summed E-state index contributed by atoms with van der Waals surface area (Å²) in [5, 5.41) is 12.9. The van der Waals surface area contributed by atoms with Crippen LogP contribution in [-0.2, 0) is 0 Å². The van der Waals surface area contributed by atoms with Crippen LogP contribution < -0.4 is 11.1 Å². The number of carboxylic acid groups (broad SMARTS) is 1. The van der Waals surface area contributed by atoms with Crippen molar-refractivity contribution >= 4 is 34.6 Å². The molecule has 0 aliphatic carbocycles. The summed E-state index contributed by atoms with van der Waals surface area (Å²) in [5.41, 5.74) is 9.21. The number of nitrogens with one attached hydrogen (secondary N) is 1. The highest BCUT2D eigenvalue weighted by atomic mass is 35.5. The van der Waals surface area contributed by atoms with E-state index in [0.29, 0.717) is 16.3 Å². The molecule has 0 saturated carbocycles. The van der Waals surface area contributed by atoms with Crippen LogP contribution in [0.3, 0.4) is 0 Å². The van der Waals surface area contributed by atoms with Gasteiger partial charge in [-0.15, -0.1) is 0 Å². The van der Waals surface area contributed by atoms with Gasteiger partial charge < -0.3 is 16.2 Å². The number of benzene rings is 2. The van der Waals surface area contributed by atoms with E-state index in [1.54, 1.807) is 19.1 Å². The molecule has 0 fully saturated rings. The number of para-hydroxylation sites is 1. The van der Waals surface area contributed by atoms with Crippen molar-refractivity contribution in [2.24, 2.45) is 0 Å². The lowest BCUT2D eigenvalue weighted by Gasteiger charge is -2.14. The molecule has 0 unspecified atom stereocenters. The maximum atomic E-state index is 11.2. The Morgan fingerprint density at radius 2 is 1.95 bits per heavy atom. The molecule has 0 amide bonds. The van der Waals surface area contributed by atoms with E-state index >= 15 is 0 Å². The largest absolute Gasteiger partial charge is 0.478 e. The summed E-state index contributed by atoms with van der Waals surface area (Å²) in [6, 6.07) is 8.87. The van der Waals surface area contributed by atoms with Gasteiger partial charge in [0.15, 0.2) is 0 Å². The average molecular weight is 291 g/mol. The number of nitrogen functional groups attached to an aromatic ring is 1. The Labute approximate surface area is 122 Å². The Morgan fingerprint density at radius 1 is 1.25 bits per heavy atom. The molecule has 4 nitrogen and oxygen atoms in total. The van der Waals surface area contributed by atoms with Gasteiger partial charge in [-0.05, 0) is 43.2 Å². The second-order valence-corrected chi connectivity index (χ2v) is 5.02. The van der Waals surface area contributed by atoms with Crippen LogP contribution in [-0.4, -0.2) is 11.1 Å². The highest BCUT2D eigenvalue weighted by molar-refractivity contribution is 6.33. The van der Waals surface area contributed by atoms with Crippen molar-refractivity contribution in [3.63, 3.8) is 0 Å². The van der Waals surface area contributed by atoms with Crippen LogP contribution in [0.25, 0.3) is 0 Å². The molecule has 104 valence electrons. The smallest absolute Gasteiger partial charge is 0.337 e. The maximum Gasteiger partial charge on any atom is 0.337 e. The molecule has 2 aromatic rings. The average Bonchev–Trinajstić information content (AvgIpc) is 2.37. The van der Waals surface area contributed by atoms with Gasteiger partial charge in [-0.25, -0.2) is 4.79 Å². The van der Waals surface area contributed by atoms with Crippen LogP contribution in [0.4, 0.5) is 17.1 Å². The highest BCUT2D eigenvalue weighted by Gasteiger charge is 2.13. The second kappa shape index (κ2) is 5.43. The molecule has 0 atom stereocenters. The van der Waals surface area contributed by atoms with Gasteiger partial charge in [-0.2, -0.15) is 0 Å². The molecule has 0 radical (unpaired) electrons. The van der Waals surface area contributed by atoms with Crippen molar-refractivity contribution in [1.82, 2.24) is 0 Å². The molecule has 0 aromatic heterocycles. The zero-order chi connectivity index (χ0) is 14.9. The van der Waals surface area contributed by atoms with E-state index in [1.165, 1.54) is 6.07 Å². The summed E-state index contributed by atoms with van der Waals surface area (Å²) in [6.07, 6.45) is 0. The van der Waals surface area contributed by atoms with Crippen molar-refractivity contribution < 1.29 is 9.90 Å². The standard InChI is InChI=1S/C15H15ClN2O2/c1-8-4-3-5-12(16)14(8)18-10-6-9(2)13(17)11(7-10)15(19)20/h3-7,18H,17H2,1-2H3,(H,19,20). The van der Waals surface area contributed by atoms with E-state index in [9.17, 15) is 4.79 Å². The third-order valence-corrected chi connectivity index (χ3v) is 3.42. The Morgan fingerprint density at radius 3 is 2.55 bits per heavy atom. The van der Waals surface area contributed by atoms with Crippen LogP contribution in [0, 0.1) is 13.8 Å². The Bertz CT molecular complexity index is 664. The first-order valence-corrected chi connectivity index (χ1v) is 6.43. The number of nitrogens with two attached hydrogens (primary N) is 1. The molecule has 2 rings (SSSR count). The number of hydrogen-bond donors (Lipinski definition) is 3. The second-order valence-electron chi connectivity index (χ2n) is 4.62. The number of carboxylic acids is 1. The summed E-state index contributed by atoms with van der Waals surface area (Å²) in [4.78, 5) is 11.2. The van der Waals surface area contributed by atoms with Crippen molar-refractivity contribution in [3.05, 3.63) is 52.0 Å². The molecular formula is C15H15ClN2O2. The number of rotatable bonds is 3.